The molecule has 0 saturated heterocycles. The predicted molar refractivity (Wildman–Crippen MR) is 106 cm³/mol. The first kappa shape index (κ1) is 19.3. The average molecular weight is 347 g/mol. The second-order valence-electron chi connectivity index (χ2n) is 6.59. The number of aryl methyl sites for hydroxylation is 4. The standard InChI is InChI=1S/C22H25N3O/c1-15-5-7-19(8-6-15)9-10-24-14-20(13-23)22(26)25-21-17(3)11-16(2)12-18(21)4/h5-8,11-12,14,24H,9-10H2,1-4H3,(H,25,26)/b20-14-. The van der Waals surface area contributed by atoms with Crippen LogP contribution in [0.2, 0.25) is 0 Å². The Morgan fingerprint density at radius 3 is 2.23 bits per heavy atom. The Bertz CT molecular complexity index is 835. The predicted octanol–water partition coefficient (Wildman–Crippen LogP) is 4.10. The van der Waals surface area contributed by atoms with E-state index in [9.17, 15) is 10.1 Å². The summed E-state index contributed by atoms with van der Waals surface area (Å²) < 4.78 is 0. The molecule has 0 aliphatic rings. The van der Waals surface area contributed by atoms with E-state index in [-0.39, 0.29) is 5.57 Å². The van der Waals surface area contributed by atoms with E-state index >= 15 is 0 Å². The van der Waals surface area contributed by atoms with Gasteiger partial charge in [0.1, 0.15) is 11.6 Å². The smallest absolute Gasteiger partial charge is 0.267 e. The highest BCUT2D eigenvalue weighted by Crippen LogP contribution is 2.22. The van der Waals surface area contributed by atoms with Gasteiger partial charge in [-0.15, -0.1) is 0 Å². The molecule has 0 atom stereocenters. The van der Waals surface area contributed by atoms with Gasteiger partial charge < -0.3 is 10.6 Å². The molecule has 4 nitrogen and oxygen atoms in total. The maximum absolute atomic E-state index is 12.4. The first-order valence-corrected chi connectivity index (χ1v) is 8.69. The molecule has 0 aliphatic heterocycles. The van der Waals surface area contributed by atoms with Crippen molar-refractivity contribution < 1.29 is 4.79 Å². The summed E-state index contributed by atoms with van der Waals surface area (Å²) in [5, 5.41) is 15.2. The zero-order valence-electron chi connectivity index (χ0n) is 15.8. The number of hydrogen-bond acceptors (Lipinski definition) is 3. The molecule has 1 amide bonds. The third-order valence-corrected chi connectivity index (χ3v) is 4.21. The fourth-order valence-corrected chi connectivity index (χ4v) is 2.85. The lowest BCUT2D eigenvalue weighted by molar-refractivity contribution is -0.112. The van der Waals surface area contributed by atoms with E-state index < -0.39 is 5.91 Å². The number of amides is 1. The molecule has 0 bridgehead atoms. The number of nitrogens with one attached hydrogen (secondary N) is 2. The lowest BCUT2D eigenvalue weighted by Gasteiger charge is -2.12. The number of carbonyl (C=O) groups excluding carboxylic acids is 1. The van der Waals surface area contributed by atoms with Gasteiger partial charge in [-0.1, -0.05) is 47.5 Å². The van der Waals surface area contributed by atoms with Crippen LogP contribution in [-0.2, 0) is 11.2 Å². The minimum Gasteiger partial charge on any atom is -0.389 e. The molecule has 2 rings (SSSR count). The fraction of sp³-hybridized carbons (Fsp3) is 0.273. The van der Waals surface area contributed by atoms with Crippen LogP contribution in [0, 0.1) is 39.0 Å². The number of benzene rings is 2. The number of carbonyl (C=O) groups is 1. The van der Waals surface area contributed by atoms with Gasteiger partial charge in [0, 0.05) is 18.4 Å². The minimum atomic E-state index is -0.398. The number of nitriles is 1. The van der Waals surface area contributed by atoms with Crippen molar-refractivity contribution >= 4 is 11.6 Å². The van der Waals surface area contributed by atoms with Gasteiger partial charge in [0.25, 0.3) is 5.91 Å². The molecule has 4 heteroatoms. The van der Waals surface area contributed by atoms with Crippen LogP contribution in [0.15, 0.2) is 48.2 Å². The SMILES string of the molecule is Cc1ccc(CCN/C=C(/C#N)C(=O)Nc2c(C)cc(C)cc2C)cc1. The van der Waals surface area contributed by atoms with Crippen molar-refractivity contribution in [3.8, 4) is 6.07 Å². The number of hydrogen-bond donors (Lipinski definition) is 2. The highest BCUT2D eigenvalue weighted by atomic mass is 16.1. The van der Waals surface area contributed by atoms with Crippen LogP contribution in [0.1, 0.15) is 27.8 Å². The van der Waals surface area contributed by atoms with Crippen molar-refractivity contribution in [3.05, 3.63) is 76.0 Å². The first-order valence-electron chi connectivity index (χ1n) is 8.69. The van der Waals surface area contributed by atoms with Crippen molar-refractivity contribution in [2.45, 2.75) is 34.1 Å². The van der Waals surface area contributed by atoms with Crippen LogP contribution in [-0.4, -0.2) is 12.5 Å². The lowest BCUT2D eigenvalue weighted by Crippen LogP contribution is -2.19. The van der Waals surface area contributed by atoms with E-state index in [0.29, 0.717) is 6.54 Å². The summed E-state index contributed by atoms with van der Waals surface area (Å²) in [6.07, 6.45) is 2.32. The molecule has 2 aromatic rings. The van der Waals surface area contributed by atoms with Crippen LogP contribution in [0.5, 0.6) is 0 Å². The van der Waals surface area contributed by atoms with Crippen LogP contribution in [0.4, 0.5) is 5.69 Å². The van der Waals surface area contributed by atoms with Gasteiger partial charge in [0.15, 0.2) is 0 Å². The second kappa shape index (κ2) is 8.87. The van der Waals surface area contributed by atoms with Gasteiger partial charge in [0.05, 0.1) is 0 Å². The molecule has 2 N–H and O–H groups in total. The monoisotopic (exact) mass is 347 g/mol. The average Bonchev–Trinajstić information content (AvgIpc) is 2.59. The van der Waals surface area contributed by atoms with Gasteiger partial charge in [-0.25, -0.2) is 0 Å². The van der Waals surface area contributed by atoms with Crippen molar-refractivity contribution in [2.75, 3.05) is 11.9 Å². The van der Waals surface area contributed by atoms with E-state index in [1.165, 1.54) is 17.3 Å². The highest BCUT2D eigenvalue weighted by Gasteiger charge is 2.12. The van der Waals surface area contributed by atoms with E-state index in [0.717, 1.165) is 28.8 Å². The molecule has 0 saturated carbocycles. The Morgan fingerprint density at radius 2 is 1.65 bits per heavy atom. The molecular formula is C22H25N3O. The summed E-state index contributed by atoms with van der Waals surface area (Å²) in [5.41, 5.74) is 6.39. The number of rotatable bonds is 6. The van der Waals surface area contributed by atoms with Crippen LogP contribution in [0.25, 0.3) is 0 Å². The molecule has 0 heterocycles. The normalized spacial score (nSPS) is 11.0. The van der Waals surface area contributed by atoms with Crippen molar-refractivity contribution in [1.29, 1.82) is 5.26 Å². The van der Waals surface area contributed by atoms with Gasteiger partial charge >= 0.3 is 0 Å². The van der Waals surface area contributed by atoms with Crippen molar-refractivity contribution in [2.24, 2.45) is 0 Å². The van der Waals surface area contributed by atoms with E-state index in [4.69, 9.17) is 0 Å². The topological polar surface area (TPSA) is 64.9 Å². The van der Waals surface area contributed by atoms with Crippen LogP contribution in [0.3, 0.4) is 0 Å². The quantitative estimate of drug-likeness (QED) is 0.470. The molecule has 0 fully saturated rings. The second-order valence-corrected chi connectivity index (χ2v) is 6.59. The van der Waals surface area contributed by atoms with Crippen molar-refractivity contribution in [1.82, 2.24) is 5.32 Å². The molecule has 134 valence electrons. The van der Waals surface area contributed by atoms with E-state index in [2.05, 4.69) is 41.8 Å². The largest absolute Gasteiger partial charge is 0.389 e. The zero-order valence-corrected chi connectivity index (χ0v) is 15.8. The number of anilines is 1. The molecule has 26 heavy (non-hydrogen) atoms. The Hall–Kier alpha value is -3.06. The zero-order chi connectivity index (χ0) is 19.1. The lowest BCUT2D eigenvalue weighted by atomic mass is 10.0. The minimum absolute atomic E-state index is 0.0632. The molecular weight excluding hydrogens is 322 g/mol. The van der Waals surface area contributed by atoms with Crippen molar-refractivity contribution in [3.63, 3.8) is 0 Å². The fourth-order valence-electron chi connectivity index (χ4n) is 2.85. The van der Waals surface area contributed by atoms with E-state index in [1.54, 1.807) is 0 Å². The molecule has 0 aliphatic carbocycles. The van der Waals surface area contributed by atoms with Crippen LogP contribution >= 0.6 is 0 Å². The highest BCUT2D eigenvalue weighted by molar-refractivity contribution is 6.07. The third-order valence-electron chi connectivity index (χ3n) is 4.21. The summed E-state index contributed by atoms with van der Waals surface area (Å²) in [6.45, 7) is 8.63. The third kappa shape index (κ3) is 5.22. The Labute approximate surface area is 155 Å². The Morgan fingerprint density at radius 1 is 1.04 bits per heavy atom. The maximum atomic E-state index is 12.4. The maximum Gasteiger partial charge on any atom is 0.267 e. The molecule has 2 aromatic carbocycles. The van der Waals surface area contributed by atoms with Gasteiger partial charge in [0.2, 0.25) is 0 Å². The molecule has 0 radical (unpaired) electrons. The summed E-state index contributed by atoms with van der Waals surface area (Å²) in [4.78, 5) is 12.4. The van der Waals surface area contributed by atoms with E-state index in [1.807, 2.05) is 39.0 Å². The number of nitrogens with zero attached hydrogens (tertiary/aromatic N) is 1. The van der Waals surface area contributed by atoms with Gasteiger partial charge in [-0.05, 0) is 50.8 Å². The Kier molecular flexibility index (Phi) is 6.57. The first-order chi connectivity index (χ1) is 12.4. The van der Waals surface area contributed by atoms with Gasteiger partial charge in [-0.3, -0.25) is 4.79 Å². The molecule has 0 spiro atoms. The molecule has 0 aromatic heterocycles. The van der Waals surface area contributed by atoms with Gasteiger partial charge in [-0.2, -0.15) is 5.26 Å². The summed E-state index contributed by atoms with van der Waals surface area (Å²) in [6, 6.07) is 14.3. The Balaban J connectivity index is 1.97. The summed E-state index contributed by atoms with van der Waals surface area (Å²) in [5.74, 6) is -0.398. The summed E-state index contributed by atoms with van der Waals surface area (Å²) in [7, 11) is 0. The molecule has 0 unspecified atom stereocenters. The summed E-state index contributed by atoms with van der Waals surface area (Å²) >= 11 is 0. The van der Waals surface area contributed by atoms with Crippen LogP contribution < -0.4 is 10.6 Å².